The van der Waals surface area contributed by atoms with Gasteiger partial charge in [-0.25, -0.2) is 4.98 Å². The summed E-state index contributed by atoms with van der Waals surface area (Å²) in [6, 6.07) is 17.5. The third-order valence-electron chi connectivity index (χ3n) is 3.99. The number of methoxy groups -OCH3 is 1. The molecular formula is C18H14N4O2. The van der Waals surface area contributed by atoms with Gasteiger partial charge in [0.25, 0.3) is 11.5 Å². The molecule has 0 saturated carbocycles. The van der Waals surface area contributed by atoms with Gasteiger partial charge in [-0.1, -0.05) is 24.3 Å². The molecule has 1 heterocycles. The van der Waals surface area contributed by atoms with Crippen LogP contribution in [0.2, 0.25) is 0 Å². The maximum Gasteiger partial charge on any atom is 0.288 e. The molecule has 118 valence electrons. The number of aromatic nitrogens is 3. The summed E-state index contributed by atoms with van der Waals surface area (Å²) < 4.78 is 5.25. The lowest BCUT2D eigenvalue weighted by atomic mass is 10.0. The van der Waals surface area contributed by atoms with Gasteiger partial charge in [0.05, 0.1) is 12.2 Å². The Labute approximate surface area is 137 Å². The van der Waals surface area contributed by atoms with Gasteiger partial charge < -0.3 is 15.7 Å². The largest absolute Gasteiger partial charge is 0.594 e. The number of benzene rings is 3. The molecule has 24 heavy (non-hydrogen) atoms. The minimum atomic E-state index is -0.0371. The summed E-state index contributed by atoms with van der Waals surface area (Å²) in [6.07, 6.45) is 0. The summed E-state index contributed by atoms with van der Waals surface area (Å²) in [6.45, 7) is 0. The second-order valence-electron chi connectivity index (χ2n) is 5.47. The number of nitrogen functional groups attached to an aromatic ring is 1. The van der Waals surface area contributed by atoms with Gasteiger partial charge >= 0.3 is 0 Å². The standard InChI is InChI=1S/C18H14N4O2/c1-24-15-6-4-12-8-11(2-3-13(12)9-15)14-5-7-16-17(10-14)22(23)21-18(19)20-16/h2-10H,1H3,(H2,19,20,21). The predicted molar refractivity (Wildman–Crippen MR) is 92.4 cm³/mol. The minimum Gasteiger partial charge on any atom is -0.594 e. The van der Waals surface area contributed by atoms with Crippen molar-refractivity contribution in [2.24, 2.45) is 0 Å². The molecule has 3 aromatic carbocycles. The van der Waals surface area contributed by atoms with Gasteiger partial charge in [-0.2, -0.15) is 0 Å². The lowest BCUT2D eigenvalue weighted by Gasteiger charge is -2.07. The fourth-order valence-electron chi connectivity index (χ4n) is 2.77. The van der Waals surface area contributed by atoms with Gasteiger partial charge in [-0.3, -0.25) is 0 Å². The average molecular weight is 318 g/mol. The van der Waals surface area contributed by atoms with Crippen molar-refractivity contribution in [1.29, 1.82) is 0 Å². The average Bonchev–Trinajstić information content (AvgIpc) is 2.60. The van der Waals surface area contributed by atoms with E-state index >= 15 is 0 Å². The van der Waals surface area contributed by atoms with E-state index in [0.717, 1.165) is 27.6 Å². The number of fused-ring (bicyclic) bond motifs is 2. The number of rotatable bonds is 2. The zero-order valence-corrected chi connectivity index (χ0v) is 12.9. The molecular weight excluding hydrogens is 304 g/mol. The maximum atomic E-state index is 11.9. The van der Waals surface area contributed by atoms with Crippen molar-refractivity contribution in [2.45, 2.75) is 0 Å². The Kier molecular flexibility index (Phi) is 3.16. The first-order valence-electron chi connectivity index (χ1n) is 7.39. The first-order valence-corrected chi connectivity index (χ1v) is 7.39. The quantitative estimate of drug-likeness (QED) is 0.453. The molecule has 1 aromatic heterocycles. The monoisotopic (exact) mass is 318 g/mol. The number of nitrogens with two attached hydrogens (primary N) is 1. The molecule has 0 aliphatic heterocycles. The van der Waals surface area contributed by atoms with Gasteiger partial charge in [0.2, 0.25) is 0 Å². The fraction of sp³-hybridized carbons (Fsp3) is 0.0556. The van der Waals surface area contributed by atoms with Crippen LogP contribution in [0.3, 0.4) is 0 Å². The van der Waals surface area contributed by atoms with Crippen LogP contribution in [0.4, 0.5) is 5.95 Å². The molecule has 0 saturated heterocycles. The molecule has 6 heteroatoms. The molecule has 0 fully saturated rings. The Hall–Kier alpha value is -3.41. The maximum absolute atomic E-state index is 11.9. The van der Waals surface area contributed by atoms with Gasteiger partial charge in [0.1, 0.15) is 11.3 Å². The van der Waals surface area contributed by atoms with Gasteiger partial charge in [-0.15, -0.1) is 0 Å². The van der Waals surface area contributed by atoms with Crippen LogP contribution in [0, 0.1) is 5.21 Å². The normalized spacial score (nSPS) is 11.0. The summed E-state index contributed by atoms with van der Waals surface area (Å²) in [7, 11) is 1.65. The molecule has 0 unspecified atom stereocenters. The summed E-state index contributed by atoms with van der Waals surface area (Å²) in [4.78, 5) is 4.58. The van der Waals surface area contributed by atoms with Gasteiger partial charge in [-0.05, 0) is 51.0 Å². The third-order valence-corrected chi connectivity index (χ3v) is 3.99. The molecule has 4 rings (SSSR count). The van der Waals surface area contributed by atoms with Gasteiger partial charge in [0, 0.05) is 6.07 Å². The second-order valence-corrected chi connectivity index (χ2v) is 5.47. The molecule has 0 aliphatic rings. The summed E-state index contributed by atoms with van der Waals surface area (Å²) in [5, 5.41) is 17.7. The highest BCUT2D eigenvalue weighted by Crippen LogP contribution is 2.28. The highest BCUT2D eigenvalue weighted by molar-refractivity contribution is 5.89. The molecule has 2 N–H and O–H groups in total. The van der Waals surface area contributed by atoms with Crippen molar-refractivity contribution in [3.05, 3.63) is 59.8 Å². The van der Waals surface area contributed by atoms with Crippen LogP contribution in [-0.2, 0) is 0 Å². The van der Waals surface area contributed by atoms with Gasteiger partial charge in [0.15, 0.2) is 0 Å². The van der Waals surface area contributed by atoms with E-state index in [1.807, 2.05) is 36.4 Å². The van der Waals surface area contributed by atoms with E-state index < -0.39 is 0 Å². The summed E-state index contributed by atoms with van der Waals surface area (Å²) in [5.74, 6) is 0.785. The SMILES string of the molecule is COc1ccc2cc(-c3ccc4nc(N)n[n+]([O-])c4c3)ccc2c1. The Bertz CT molecular complexity index is 1080. The highest BCUT2D eigenvalue weighted by atomic mass is 16.5. The van der Waals surface area contributed by atoms with Crippen LogP contribution in [0.5, 0.6) is 5.75 Å². The van der Waals surface area contributed by atoms with E-state index in [1.165, 1.54) is 0 Å². The van der Waals surface area contributed by atoms with Crippen LogP contribution in [0.25, 0.3) is 32.9 Å². The number of anilines is 1. The molecule has 0 amide bonds. The second kappa shape index (κ2) is 5.34. The molecule has 0 spiro atoms. The first-order chi connectivity index (χ1) is 11.6. The van der Waals surface area contributed by atoms with Crippen LogP contribution in [-0.4, -0.2) is 17.2 Å². The molecule has 0 bridgehead atoms. The topological polar surface area (TPSA) is 88.0 Å². The van der Waals surface area contributed by atoms with Crippen LogP contribution < -0.4 is 15.3 Å². The van der Waals surface area contributed by atoms with Crippen LogP contribution in [0.1, 0.15) is 0 Å². The lowest BCUT2D eigenvalue weighted by Crippen LogP contribution is -2.33. The van der Waals surface area contributed by atoms with Crippen molar-refractivity contribution in [3.8, 4) is 16.9 Å². The Balaban J connectivity index is 1.86. The van der Waals surface area contributed by atoms with Crippen LogP contribution in [0.15, 0.2) is 54.6 Å². The van der Waals surface area contributed by atoms with E-state index in [9.17, 15) is 5.21 Å². The van der Waals surface area contributed by atoms with Crippen molar-refractivity contribution >= 4 is 27.8 Å². The van der Waals surface area contributed by atoms with Crippen molar-refractivity contribution in [3.63, 3.8) is 0 Å². The molecule has 6 nitrogen and oxygen atoms in total. The Morgan fingerprint density at radius 2 is 1.67 bits per heavy atom. The number of nitrogens with zero attached hydrogens (tertiary/aromatic N) is 3. The highest BCUT2D eigenvalue weighted by Gasteiger charge is 2.11. The minimum absolute atomic E-state index is 0.0371. The van der Waals surface area contributed by atoms with Crippen LogP contribution >= 0.6 is 0 Å². The Morgan fingerprint density at radius 1 is 0.958 bits per heavy atom. The molecule has 0 radical (unpaired) electrons. The Morgan fingerprint density at radius 3 is 2.50 bits per heavy atom. The number of hydrogen-bond donors (Lipinski definition) is 1. The molecule has 0 atom stereocenters. The van der Waals surface area contributed by atoms with Crippen molar-refractivity contribution in [1.82, 2.24) is 10.1 Å². The number of ether oxygens (including phenoxy) is 1. The van der Waals surface area contributed by atoms with E-state index in [4.69, 9.17) is 10.5 Å². The first kappa shape index (κ1) is 14.2. The zero-order valence-electron chi connectivity index (χ0n) is 12.9. The van der Waals surface area contributed by atoms with E-state index in [1.54, 1.807) is 19.2 Å². The van der Waals surface area contributed by atoms with E-state index in [0.29, 0.717) is 15.9 Å². The van der Waals surface area contributed by atoms with Crippen molar-refractivity contribution in [2.75, 3.05) is 12.8 Å². The smallest absolute Gasteiger partial charge is 0.288 e. The summed E-state index contributed by atoms with van der Waals surface area (Å²) >= 11 is 0. The predicted octanol–water partition coefficient (Wildman–Crippen LogP) is 2.67. The number of hydrogen-bond acceptors (Lipinski definition) is 5. The molecule has 4 aromatic rings. The van der Waals surface area contributed by atoms with E-state index in [-0.39, 0.29) is 5.95 Å². The lowest BCUT2D eigenvalue weighted by molar-refractivity contribution is -0.641. The van der Waals surface area contributed by atoms with E-state index in [2.05, 4.69) is 16.1 Å². The third kappa shape index (κ3) is 2.34. The molecule has 0 aliphatic carbocycles. The zero-order chi connectivity index (χ0) is 16.7. The van der Waals surface area contributed by atoms with Crippen molar-refractivity contribution < 1.29 is 9.58 Å². The summed E-state index contributed by atoms with van der Waals surface area (Å²) in [5.41, 5.74) is 8.33. The fourth-order valence-corrected chi connectivity index (χ4v) is 2.77.